The predicted molar refractivity (Wildman–Crippen MR) is 108 cm³/mol. The minimum Gasteiger partial charge on any atom is -0.348 e. The maximum atomic E-state index is 12.8. The van der Waals surface area contributed by atoms with E-state index >= 15 is 0 Å². The first-order valence-corrected chi connectivity index (χ1v) is 9.90. The van der Waals surface area contributed by atoms with E-state index < -0.39 is 0 Å². The third-order valence-electron chi connectivity index (χ3n) is 5.46. The van der Waals surface area contributed by atoms with Gasteiger partial charge in [-0.05, 0) is 25.0 Å². The molecule has 0 bridgehead atoms. The number of hydrogen-bond acceptors (Lipinski definition) is 4. The molecule has 0 spiro atoms. The Morgan fingerprint density at radius 1 is 1.07 bits per heavy atom. The van der Waals surface area contributed by atoms with E-state index in [2.05, 4.69) is 20.4 Å². The van der Waals surface area contributed by atoms with Gasteiger partial charge in [0.25, 0.3) is 5.91 Å². The van der Waals surface area contributed by atoms with Crippen molar-refractivity contribution in [3.05, 3.63) is 42.6 Å². The lowest BCUT2D eigenvalue weighted by Gasteiger charge is -2.16. The van der Waals surface area contributed by atoms with E-state index in [0.717, 1.165) is 29.7 Å². The molecule has 7 heteroatoms. The fourth-order valence-corrected chi connectivity index (χ4v) is 3.83. The van der Waals surface area contributed by atoms with Gasteiger partial charge in [0.2, 0.25) is 0 Å². The number of nitrogens with zero attached hydrogens (tertiary/aromatic N) is 5. The normalized spacial score (nSPS) is 15.4. The number of aryl methyl sites for hydroxylation is 2. The average Bonchev–Trinajstić information content (AvgIpc) is 3.20. The maximum absolute atomic E-state index is 12.8. The molecule has 0 aromatic carbocycles. The number of aromatic nitrogens is 5. The Hall–Kier alpha value is -2.96. The van der Waals surface area contributed by atoms with Crippen LogP contribution in [0.1, 0.15) is 49.0 Å². The first-order chi connectivity index (χ1) is 13.6. The highest BCUT2D eigenvalue weighted by atomic mass is 16.2. The fourth-order valence-electron chi connectivity index (χ4n) is 3.83. The summed E-state index contributed by atoms with van der Waals surface area (Å²) in [6.07, 6.45) is 14.3. The second kappa shape index (κ2) is 7.96. The van der Waals surface area contributed by atoms with Crippen LogP contribution < -0.4 is 5.32 Å². The molecule has 1 fully saturated rings. The van der Waals surface area contributed by atoms with Gasteiger partial charge in [0, 0.05) is 56.1 Å². The van der Waals surface area contributed by atoms with Gasteiger partial charge in [0.05, 0.1) is 0 Å². The van der Waals surface area contributed by atoms with Crippen molar-refractivity contribution in [2.45, 2.75) is 44.6 Å². The fraction of sp³-hybridized carbons (Fsp3) is 0.429. The van der Waals surface area contributed by atoms with Crippen molar-refractivity contribution >= 4 is 5.91 Å². The molecule has 0 atom stereocenters. The number of amides is 1. The number of hydrogen-bond donors (Lipinski definition) is 1. The third kappa shape index (κ3) is 3.83. The van der Waals surface area contributed by atoms with Crippen LogP contribution in [0.25, 0.3) is 22.6 Å². The van der Waals surface area contributed by atoms with Crippen LogP contribution in [0.2, 0.25) is 0 Å². The van der Waals surface area contributed by atoms with Gasteiger partial charge >= 0.3 is 0 Å². The summed E-state index contributed by atoms with van der Waals surface area (Å²) in [5.41, 5.74) is 3.35. The molecule has 3 aromatic heterocycles. The molecule has 7 nitrogen and oxygen atoms in total. The summed E-state index contributed by atoms with van der Waals surface area (Å²) in [6, 6.07) is 4.08. The molecule has 28 heavy (non-hydrogen) atoms. The van der Waals surface area contributed by atoms with Crippen molar-refractivity contribution in [3.63, 3.8) is 0 Å². The lowest BCUT2D eigenvalue weighted by Crippen LogP contribution is -2.35. The van der Waals surface area contributed by atoms with Gasteiger partial charge < -0.3 is 9.88 Å². The lowest BCUT2D eigenvalue weighted by atomic mass is 10.1. The lowest BCUT2D eigenvalue weighted by molar-refractivity contribution is 0.0925. The van der Waals surface area contributed by atoms with Crippen LogP contribution in [0.3, 0.4) is 0 Å². The van der Waals surface area contributed by atoms with Crippen molar-refractivity contribution in [1.82, 2.24) is 29.6 Å². The molecule has 3 aromatic rings. The Bertz CT molecular complexity index is 948. The summed E-state index contributed by atoms with van der Waals surface area (Å²) in [6.45, 7) is 0. The molecular weight excluding hydrogens is 352 g/mol. The molecular formula is C21H26N6O. The summed E-state index contributed by atoms with van der Waals surface area (Å²) in [4.78, 5) is 21.7. The van der Waals surface area contributed by atoms with Crippen LogP contribution in [0.4, 0.5) is 0 Å². The Balaban J connectivity index is 1.50. The Morgan fingerprint density at radius 2 is 1.79 bits per heavy atom. The van der Waals surface area contributed by atoms with E-state index in [4.69, 9.17) is 0 Å². The molecule has 0 radical (unpaired) electrons. The molecule has 0 unspecified atom stereocenters. The van der Waals surface area contributed by atoms with Gasteiger partial charge in [-0.1, -0.05) is 25.7 Å². The van der Waals surface area contributed by atoms with E-state index in [1.54, 1.807) is 23.3 Å². The molecule has 4 rings (SSSR count). The van der Waals surface area contributed by atoms with Crippen LogP contribution in [-0.2, 0) is 14.1 Å². The molecule has 0 aliphatic heterocycles. The van der Waals surface area contributed by atoms with E-state index in [1.807, 2.05) is 37.0 Å². The van der Waals surface area contributed by atoms with Gasteiger partial charge in [0.15, 0.2) is 5.82 Å². The van der Waals surface area contributed by atoms with Gasteiger partial charge in [-0.3, -0.25) is 9.48 Å². The van der Waals surface area contributed by atoms with Crippen molar-refractivity contribution in [2.24, 2.45) is 14.1 Å². The molecule has 1 aliphatic carbocycles. The zero-order valence-electron chi connectivity index (χ0n) is 16.4. The van der Waals surface area contributed by atoms with Gasteiger partial charge in [-0.2, -0.15) is 5.10 Å². The zero-order chi connectivity index (χ0) is 19.5. The van der Waals surface area contributed by atoms with E-state index in [9.17, 15) is 4.79 Å². The quantitative estimate of drug-likeness (QED) is 0.707. The van der Waals surface area contributed by atoms with Crippen molar-refractivity contribution in [2.75, 3.05) is 0 Å². The monoisotopic (exact) mass is 378 g/mol. The number of nitrogens with one attached hydrogen (secondary N) is 1. The van der Waals surface area contributed by atoms with E-state index in [-0.39, 0.29) is 11.9 Å². The maximum Gasteiger partial charge on any atom is 0.268 e. The zero-order valence-corrected chi connectivity index (χ0v) is 16.4. The highest BCUT2D eigenvalue weighted by Crippen LogP contribution is 2.23. The summed E-state index contributed by atoms with van der Waals surface area (Å²) in [7, 11) is 3.76. The molecule has 1 amide bonds. The second-order valence-electron chi connectivity index (χ2n) is 7.52. The van der Waals surface area contributed by atoms with Gasteiger partial charge in [-0.15, -0.1) is 0 Å². The van der Waals surface area contributed by atoms with E-state index in [0.29, 0.717) is 11.5 Å². The number of rotatable bonds is 4. The smallest absolute Gasteiger partial charge is 0.268 e. The first-order valence-electron chi connectivity index (χ1n) is 9.90. The van der Waals surface area contributed by atoms with Crippen LogP contribution in [0.5, 0.6) is 0 Å². The van der Waals surface area contributed by atoms with Crippen LogP contribution in [-0.4, -0.2) is 36.3 Å². The van der Waals surface area contributed by atoms with Crippen LogP contribution >= 0.6 is 0 Å². The standard InChI is InChI=1S/C21H26N6O/c1-26-14-15(11-19(26)21(28)25-17-7-5-3-4-6-8-17)16-12-22-20(23-13-16)18-9-10-24-27(18)2/h9-14,17H,3-8H2,1-2H3,(H,25,28). The molecule has 1 saturated carbocycles. The van der Waals surface area contributed by atoms with Gasteiger partial charge in [-0.25, -0.2) is 9.97 Å². The topological polar surface area (TPSA) is 77.6 Å². The summed E-state index contributed by atoms with van der Waals surface area (Å²) in [5, 5.41) is 7.36. The molecule has 146 valence electrons. The Morgan fingerprint density at radius 3 is 2.43 bits per heavy atom. The summed E-state index contributed by atoms with van der Waals surface area (Å²) in [5.74, 6) is 0.624. The highest BCUT2D eigenvalue weighted by molar-refractivity contribution is 5.94. The largest absolute Gasteiger partial charge is 0.348 e. The minimum absolute atomic E-state index is 0.00641. The molecule has 0 saturated heterocycles. The van der Waals surface area contributed by atoms with E-state index in [1.165, 1.54) is 25.7 Å². The predicted octanol–water partition coefficient (Wildman–Crippen LogP) is 3.34. The summed E-state index contributed by atoms with van der Waals surface area (Å²) >= 11 is 0. The van der Waals surface area contributed by atoms with Crippen molar-refractivity contribution in [3.8, 4) is 22.6 Å². The molecule has 3 heterocycles. The van der Waals surface area contributed by atoms with Crippen LogP contribution in [0, 0.1) is 0 Å². The van der Waals surface area contributed by atoms with Crippen molar-refractivity contribution in [1.29, 1.82) is 0 Å². The number of carbonyl (C=O) groups is 1. The average molecular weight is 378 g/mol. The number of carbonyl (C=O) groups excluding carboxylic acids is 1. The highest BCUT2D eigenvalue weighted by Gasteiger charge is 2.19. The summed E-state index contributed by atoms with van der Waals surface area (Å²) < 4.78 is 3.61. The van der Waals surface area contributed by atoms with Gasteiger partial charge in [0.1, 0.15) is 11.4 Å². The van der Waals surface area contributed by atoms with Crippen molar-refractivity contribution < 1.29 is 4.79 Å². The molecule has 1 aliphatic rings. The Kier molecular flexibility index (Phi) is 5.23. The van der Waals surface area contributed by atoms with Crippen LogP contribution in [0.15, 0.2) is 36.9 Å². The minimum atomic E-state index is -0.00641. The second-order valence-corrected chi connectivity index (χ2v) is 7.52. The first kappa shape index (κ1) is 18.4. The third-order valence-corrected chi connectivity index (χ3v) is 5.46. The Labute approximate surface area is 164 Å². The molecule has 1 N–H and O–H groups in total. The SMILES string of the molecule is Cn1cc(-c2cnc(-c3ccnn3C)nc2)cc1C(=O)NC1CCCCCC1.